The minimum atomic E-state index is 0.287. The molecule has 0 spiro atoms. The lowest BCUT2D eigenvalue weighted by atomic mass is 10.2. The van der Waals surface area contributed by atoms with Crippen molar-refractivity contribution in [3.63, 3.8) is 0 Å². The van der Waals surface area contributed by atoms with Crippen LogP contribution >= 0.6 is 0 Å². The standard InChI is InChI=1S/C12H20N4O2/c1-3-18-12-8-14-7-11(15-12)16-4-5-17-9-10(16)6-13-2/h7-8,10,13H,3-6,9H2,1-2H3. The average Bonchev–Trinajstić information content (AvgIpc) is 2.40. The van der Waals surface area contributed by atoms with E-state index in [0.717, 1.165) is 25.5 Å². The van der Waals surface area contributed by atoms with Gasteiger partial charge in [0.1, 0.15) is 0 Å². The van der Waals surface area contributed by atoms with Crippen LogP contribution in [0.15, 0.2) is 12.4 Å². The Hall–Kier alpha value is -1.40. The van der Waals surface area contributed by atoms with E-state index < -0.39 is 0 Å². The lowest BCUT2D eigenvalue weighted by Gasteiger charge is -2.36. The van der Waals surface area contributed by atoms with Crippen LogP contribution in [-0.2, 0) is 4.74 Å². The van der Waals surface area contributed by atoms with Gasteiger partial charge in [-0.25, -0.2) is 0 Å². The lowest BCUT2D eigenvalue weighted by molar-refractivity contribution is 0.0938. The third-order valence-corrected chi connectivity index (χ3v) is 2.85. The molecule has 2 heterocycles. The molecule has 100 valence electrons. The molecule has 1 aliphatic rings. The number of nitrogens with one attached hydrogen (secondary N) is 1. The van der Waals surface area contributed by atoms with Gasteiger partial charge in [-0.15, -0.1) is 0 Å². The molecular formula is C12H20N4O2. The number of hydrogen-bond acceptors (Lipinski definition) is 6. The summed E-state index contributed by atoms with van der Waals surface area (Å²) in [4.78, 5) is 10.9. The zero-order valence-electron chi connectivity index (χ0n) is 10.9. The van der Waals surface area contributed by atoms with Crippen molar-refractivity contribution in [2.75, 3.05) is 44.9 Å². The minimum Gasteiger partial charge on any atom is -0.477 e. The van der Waals surface area contributed by atoms with Crippen LogP contribution in [0.1, 0.15) is 6.92 Å². The lowest BCUT2D eigenvalue weighted by Crippen LogP contribution is -2.50. The summed E-state index contributed by atoms with van der Waals surface area (Å²) in [5.74, 6) is 1.43. The Morgan fingerprint density at radius 2 is 2.44 bits per heavy atom. The molecule has 6 nitrogen and oxygen atoms in total. The van der Waals surface area contributed by atoms with Gasteiger partial charge < -0.3 is 19.7 Å². The van der Waals surface area contributed by atoms with Crippen LogP contribution in [-0.4, -0.2) is 56.0 Å². The van der Waals surface area contributed by atoms with Crippen molar-refractivity contribution >= 4 is 5.82 Å². The van der Waals surface area contributed by atoms with Gasteiger partial charge in [0.15, 0.2) is 5.82 Å². The van der Waals surface area contributed by atoms with Gasteiger partial charge in [-0.2, -0.15) is 4.98 Å². The first-order chi connectivity index (χ1) is 8.85. The van der Waals surface area contributed by atoms with Crippen molar-refractivity contribution in [1.82, 2.24) is 15.3 Å². The molecule has 1 fully saturated rings. The van der Waals surface area contributed by atoms with Gasteiger partial charge in [0.2, 0.25) is 5.88 Å². The summed E-state index contributed by atoms with van der Waals surface area (Å²) >= 11 is 0. The molecule has 1 aromatic heterocycles. The quantitative estimate of drug-likeness (QED) is 0.813. The number of likely N-dealkylation sites (N-methyl/N-ethyl adjacent to an activating group) is 1. The molecule has 1 atom stereocenters. The fourth-order valence-electron chi connectivity index (χ4n) is 2.06. The Bertz CT molecular complexity index is 373. The number of ether oxygens (including phenoxy) is 2. The third-order valence-electron chi connectivity index (χ3n) is 2.85. The Kier molecular flexibility index (Phi) is 4.72. The summed E-state index contributed by atoms with van der Waals surface area (Å²) in [5, 5.41) is 3.18. The number of nitrogens with zero attached hydrogens (tertiary/aromatic N) is 3. The van der Waals surface area contributed by atoms with E-state index in [1.165, 1.54) is 0 Å². The van der Waals surface area contributed by atoms with Crippen LogP contribution in [0.4, 0.5) is 5.82 Å². The van der Waals surface area contributed by atoms with Gasteiger partial charge >= 0.3 is 0 Å². The van der Waals surface area contributed by atoms with Crippen molar-refractivity contribution in [1.29, 1.82) is 0 Å². The fraction of sp³-hybridized carbons (Fsp3) is 0.667. The van der Waals surface area contributed by atoms with Gasteiger partial charge in [0, 0.05) is 13.1 Å². The highest BCUT2D eigenvalue weighted by Gasteiger charge is 2.24. The van der Waals surface area contributed by atoms with Gasteiger partial charge in [-0.05, 0) is 14.0 Å². The van der Waals surface area contributed by atoms with Gasteiger partial charge in [0.05, 0.1) is 38.3 Å². The number of anilines is 1. The Balaban J connectivity index is 2.14. The first kappa shape index (κ1) is 13.0. The van der Waals surface area contributed by atoms with Crippen molar-refractivity contribution < 1.29 is 9.47 Å². The molecule has 0 aromatic carbocycles. The van der Waals surface area contributed by atoms with E-state index in [4.69, 9.17) is 9.47 Å². The number of morpholine rings is 1. The summed E-state index contributed by atoms with van der Waals surface area (Å²) < 4.78 is 10.9. The molecule has 6 heteroatoms. The smallest absolute Gasteiger partial charge is 0.234 e. The van der Waals surface area contributed by atoms with Gasteiger partial charge in [-0.3, -0.25) is 4.98 Å². The summed E-state index contributed by atoms with van der Waals surface area (Å²) in [7, 11) is 1.94. The summed E-state index contributed by atoms with van der Waals surface area (Å²) in [6, 6.07) is 0.287. The van der Waals surface area contributed by atoms with E-state index in [-0.39, 0.29) is 6.04 Å². The molecule has 0 bridgehead atoms. The first-order valence-corrected chi connectivity index (χ1v) is 6.29. The SMILES string of the molecule is CCOc1cncc(N2CCOCC2CNC)n1. The molecule has 2 rings (SSSR count). The monoisotopic (exact) mass is 252 g/mol. The highest BCUT2D eigenvalue weighted by molar-refractivity contribution is 5.39. The van der Waals surface area contributed by atoms with Crippen LogP contribution in [0, 0.1) is 0 Å². The Labute approximate surface area is 107 Å². The maximum absolute atomic E-state index is 5.50. The average molecular weight is 252 g/mol. The van der Waals surface area contributed by atoms with Crippen LogP contribution in [0.2, 0.25) is 0 Å². The molecule has 0 amide bonds. The summed E-state index contributed by atoms with van der Waals surface area (Å²) in [6.07, 6.45) is 3.41. The second kappa shape index (κ2) is 6.51. The van der Waals surface area contributed by atoms with Crippen LogP contribution in [0.5, 0.6) is 5.88 Å². The third kappa shape index (κ3) is 3.08. The second-order valence-electron chi connectivity index (χ2n) is 4.13. The molecule has 0 aliphatic carbocycles. The Morgan fingerprint density at radius 1 is 1.56 bits per heavy atom. The second-order valence-corrected chi connectivity index (χ2v) is 4.13. The number of aromatic nitrogens is 2. The molecule has 18 heavy (non-hydrogen) atoms. The van der Waals surface area contributed by atoms with Gasteiger partial charge in [-0.1, -0.05) is 0 Å². The molecule has 1 aliphatic heterocycles. The predicted octanol–water partition coefficient (Wildman–Crippen LogP) is 0.300. The number of hydrogen-bond donors (Lipinski definition) is 1. The highest BCUT2D eigenvalue weighted by Crippen LogP contribution is 2.18. The van der Waals surface area contributed by atoms with E-state index >= 15 is 0 Å². The Morgan fingerprint density at radius 3 is 3.22 bits per heavy atom. The molecular weight excluding hydrogens is 232 g/mol. The van der Waals surface area contributed by atoms with Crippen LogP contribution in [0.25, 0.3) is 0 Å². The van der Waals surface area contributed by atoms with Crippen molar-refractivity contribution in [2.45, 2.75) is 13.0 Å². The maximum Gasteiger partial charge on any atom is 0.234 e. The predicted molar refractivity (Wildman–Crippen MR) is 69.1 cm³/mol. The van der Waals surface area contributed by atoms with Gasteiger partial charge in [0.25, 0.3) is 0 Å². The van der Waals surface area contributed by atoms with Crippen molar-refractivity contribution in [3.8, 4) is 5.88 Å². The molecule has 1 unspecified atom stereocenters. The largest absolute Gasteiger partial charge is 0.477 e. The van der Waals surface area contributed by atoms with Crippen LogP contribution in [0.3, 0.4) is 0 Å². The molecule has 1 saturated heterocycles. The van der Waals surface area contributed by atoms with E-state index in [1.807, 2.05) is 14.0 Å². The normalized spacial score (nSPS) is 19.9. The summed E-state index contributed by atoms with van der Waals surface area (Å²) in [6.45, 7) is 5.66. The fourth-order valence-corrected chi connectivity index (χ4v) is 2.06. The molecule has 1 aromatic rings. The van der Waals surface area contributed by atoms with E-state index in [9.17, 15) is 0 Å². The van der Waals surface area contributed by atoms with Crippen molar-refractivity contribution in [3.05, 3.63) is 12.4 Å². The van der Waals surface area contributed by atoms with Crippen LogP contribution < -0.4 is 15.0 Å². The van der Waals surface area contributed by atoms with E-state index in [0.29, 0.717) is 19.1 Å². The molecule has 1 N–H and O–H groups in total. The molecule has 0 radical (unpaired) electrons. The summed E-state index contributed by atoms with van der Waals surface area (Å²) in [5.41, 5.74) is 0. The topological polar surface area (TPSA) is 59.5 Å². The highest BCUT2D eigenvalue weighted by atomic mass is 16.5. The van der Waals surface area contributed by atoms with E-state index in [1.54, 1.807) is 12.4 Å². The zero-order valence-corrected chi connectivity index (χ0v) is 10.9. The van der Waals surface area contributed by atoms with E-state index in [2.05, 4.69) is 20.2 Å². The minimum absolute atomic E-state index is 0.287. The number of rotatable bonds is 5. The molecule has 0 saturated carbocycles. The first-order valence-electron chi connectivity index (χ1n) is 6.29. The zero-order chi connectivity index (χ0) is 12.8. The maximum atomic E-state index is 5.50. The van der Waals surface area contributed by atoms with Crippen molar-refractivity contribution in [2.24, 2.45) is 0 Å².